The Morgan fingerprint density at radius 1 is 0.255 bits per heavy atom. The van der Waals surface area contributed by atoms with Crippen molar-refractivity contribution in [1.29, 1.82) is 0 Å². The van der Waals surface area contributed by atoms with Gasteiger partial charge in [0.25, 0.3) is 0 Å². The van der Waals surface area contributed by atoms with Crippen LogP contribution in [-0.4, -0.2) is 96.7 Å². The second-order valence-corrected chi connectivity index (χ2v) is 33.3. The van der Waals surface area contributed by atoms with Gasteiger partial charge in [-0.05, 0) is 49.4 Å². The zero-order valence-corrected chi connectivity index (χ0v) is 66.2. The highest BCUT2D eigenvalue weighted by Gasteiger charge is 2.30. The van der Waals surface area contributed by atoms with Crippen molar-refractivity contribution in [3.05, 3.63) is 0 Å². The van der Waals surface area contributed by atoms with Gasteiger partial charge in [-0.2, -0.15) is 0 Å². The standard InChI is InChI=1S/C79H154O17P2/c1-69(2)55-47-39-31-26-22-18-14-11-9-10-12-16-21-25-29-35-45-53-61-78(83)95-74(65-89-76(81)59-51-43-34-28-24-20-17-13-15-19-23-27-32-40-48-56-70(3)4)67-93-97(85,86)91-63-73(80)64-92-98(87,88)94-68-75(66-90-77(82)60-52-44-38-37-42-50-58-72(7)8)96-79(84)62-54-46-36-30-33-41-49-57-71(5)6/h69-75,80H,9-68H2,1-8H3,(H,85,86)(H,87,88)/t73-,74-,75-/m1/s1. The summed E-state index contributed by atoms with van der Waals surface area (Å²) in [6.07, 6.45) is 54.6. The zero-order chi connectivity index (χ0) is 72.4. The van der Waals surface area contributed by atoms with E-state index in [-0.39, 0.29) is 25.7 Å². The van der Waals surface area contributed by atoms with E-state index in [1.54, 1.807) is 0 Å². The number of phosphoric ester groups is 2. The number of rotatable bonds is 76. The van der Waals surface area contributed by atoms with E-state index in [4.69, 9.17) is 37.0 Å². The molecule has 0 radical (unpaired) electrons. The average Bonchev–Trinajstić information content (AvgIpc) is 0.989. The van der Waals surface area contributed by atoms with Gasteiger partial charge in [0.2, 0.25) is 0 Å². The van der Waals surface area contributed by atoms with Gasteiger partial charge in [0.05, 0.1) is 26.4 Å². The lowest BCUT2D eigenvalue weighted by Crippen LogP contribution is -2.30. The fourth-order valence-electron chi connectivity index (χ4n) is 12.1. The monoisotopic (exact) mass is 1440 g/mol. The number of aliphatic hydroxyl groups excluding tert-OH is 1. The Morgan fingerprint density at radius 3 is 0.633 bits per heavy atom. The van der Waals surface area contributed by atoms with Gasteiger partial charge < -0.3 is 33.8 Å². The Morgan fingerprint density at radius 2 is 0.429 bits per heavy atom. The van der Waals surface area contributed by atoms with E-state index >= 15 is 0 Å². The molecule has 0 heterocycles. The summed E-state index contributed by atoms with van der Waals surface area (Å²) in [5, 5.41) is 10.6. The van der Waals surface area contributed by atoms with E-state index in [0.29, 0.717) is 37.5 Å². The topological polar surface area (TPSA) is 237 Å². The number of carbonyl (C=O) groups is 4. The van der Waals surface area contributed by atoms with Crippen molar-refractivity contribution in [2.45, 2.75) is 420 Å². The number of esters is 4. The van der Waals surface area contributed by atoms with Crippen LogP contribution in [-0.2, 0) is 65.4 Å². The predicted octanol–water partition coefficient (Wildman–Crippen LogP) is 23.2. The fourth-order valence-corrected chi connectivity index (χ4v) is 13.7. The molecule has 0 rings (SSSR count). The lowest BCUT2D eigenvalue weighted by atomic mass is 10.0. The third kappa shape index (κ3) is 72.4. The maximum atomic E-state index is 13.1. The number of hydrogen-bond acceptors (Lipinski definition) is 15. The van der Waals surface area contributed by atoms with Gasteiger partial charge in [0, 0.05) is 25.7 Å². The average molecular weight is 1440 g/mol. The van der Waals surface area contributed by atoms with Crippen LogP contribution in [0.3, 0.4) is 0 Å². The van der Waals surface area contributed by atoms with Gasteiger partial charge in [0.15, 0.2) is 12.2 Å². The van der Waals surface area contributed by atoms with Gasteiger partial charge in [-0.25, -0.2) is 9.13 Å². The molecule has 0 aliphatic carbocycles. The van der Waals surface area contributed by atoms with Crippen molar-refractivity contribution in [2.75, 3.05) is 39.6 Å². The molecule has 0 aromatic carbocycles. The SMILES string of the molecule is CC(C)CCCCCCCCCCCCCCCCCCCCC(=O)O[C@H](COC(=O)CCCCCCCCCCCCCCCCCC(C)C)COP(=O)(O)OC[C@@H](O)COP(=O)(O)OC[C@@H](COC(=O)CCCCCCCCC(C)C)OC(=O)CCCCCCCCCC(C)C. The number of carbonyl (C=O) groups excluding carboxylic acids is 4. The maximum Gasteiger partial charge on any atom is 0.472 e. The molecule has 0 aromatic rings. The molecule has 0 fully saturated rings. The van der Waals surface area contributed by atoms with Gasteiger partial charge in [0.1, 0.15) is 19.3 Å². The number of hydrogen-bond donors (Lipinski definition) is 3. The lowest BCUT2D eigenvalue weighted by Gasteiger charge is -2.21. The second kappa shape index (κ2) is 68.2. The summed E-state index contributed by atoms with van der Waals surface area (Å²) in [6.45, 7) is 14.1. The van der Waals surface area contributed by atoms with Crippen LogP contribution < -0.4 is 0 Å². The number of ether oxygens (including phenoxy) is 4. The zero-order valence-electron chi connectivity index (χ0n) is 64.4. The molecule has 0 aliphatic heterocycles. The molecule has 19 heteroatoms. The molecular formula is C79H154O17P2. The van der Waals surface area contributed by atoms with Crippen LogP contribution in [0.1, 0.15) is 402 Å². The molecule has 0 saturated heterocycles. The molecule has 0 aromatic heterocycles. The first-order chi connectivity index (χ1) is 47.1. The first-order valence-electron chi connectivity index (χ1n) is 40.7. The van der Waals surface area contributed by atoms with Crippen molar-refractivity contribution in [3.63, 3.8) is 0 Å². The fraction of sp³-hybridized carbons (Fsp3) is 0.949. The normalized spacial score (nSPS) is 14.1. The van der Waals surface area contributed by atoms with Crippen LogP contribution in [0, 0.1) is 23.7 Å². The summed E-state index contributed by atoms with van der Waals surface area (Å²) >= 11 is 0. The van der Waals surface area contributed by atoms with E-state index in [9.17, 15) is 43.2 Å². The lowest BCUT2D eigenvalue weighted by molar-refractivity contribution is -0.161. The molecule has 5 atom stereocenters. The Hall–Kier alpha value is -1.94. The van der Waals surface area contributed by atoms with Crippen LogP contribution in [0.4, 0.5) is 0 Å². The van der Waals surface area contributed by atoms with Gasteiger partial charge in [-0.3, -0.25) is 37.3 Å². The molecule has 0 bridgehead atoms. The Bertz CT molecular complexity index is 1920. The highest BCUT2D eigenvalue weighted by molar-refractivity contribution is 7.47. The number of aliphatic hydroxyl groups is 1. The number of unbranched alkanes of at least 4 members (excludes halogenated alkanes) is 42. The van der Waals surface area contributed by atoms with E-state index in [0.717, 1.165) is 108 Å². The van der Waals surface area contributed by atoms with Crippen molar-refractivity contribution in [1.82, 2.24) is 0 Å². The van der Waals surface area contributed by atoms with Crippen LogP contribution in [0.2, 0.25) is 0 Å². The minimum absolute atomic E-state index is 0.102. The molecule has 0 saturated carbocycles. The van der Waals surface area contributed by atoms with E-state index in [1.165, 1.54) is 199 Å². The summed E-state index contributed by atoms with van der Waals surface area (Å²) in [5.74, 6) is 0.880. The summed E-state index contributed by atoms with van der Waals surface area (Å²) in [5.41, 5.74) is 0. The van der Waals surface area contributed by atoms with Crippen LogP contribution in [0.15, 0.2) is 0 Å². The van der Waals surface area contributed by atoms with Gasteiger partial charge in [-0.15, -0.1) is 0 Å². The molecule has 98 heavy (non-hydrogen) atoms. The van der Waals surface area contributed by atoms with Crippen LogP contribution in [0.25, 0.3) is 0 Å². The number of phosphoric acid groups is 2. The summed E-state index contributed by atoms with van der Waals surface area (Å²) in [6, 6.07) is 0. The highest BCUT2D eigenvalue weighted by Crippen LogP contribution is 2.45. The summed E-state index contributed by atoms with van der Waals surface area (Å²) in [7, 11) is -9.91. The quantitative estimate of drug-likeness (QED) is 0.0222. The van der Waals surface area contributed by atoms with Crippen molar-refractivity contribution >= 4 is 39.5 Å². The minimum atomic E-state index is -4.96. The van der Waals surface area contributed by atoms with Crippen molar-refractivity contribution in [3.8, 4) is 0 Å². The van der Waals surface area contributed by atoms with Crippen molar-refractivity contribution < 1.29 is 80.2 Å². The Kier molecular flexibility index (Phi) is 66.8. The third-order valence-corrected chi connectivity index (χ3v) is 20.2. The molecule has 582 valence electrons. The second-order valence-electron chi connectivity index (χ2n) is 30.4. The summed E-state index contributed by atoms with van der Waals surface area (Å²) in [4.78, 5) is 72.8. The molecule has 3 N–H and O–H groups in total. The Labute approximate surface area is 600 Å². The molecule has 17 nitrogen and oxygen atoms in total. The van der Waals surface area contributed by atoms with Crippen LogP contribution in [0.5, 0.6) is 0 Å². The molecule has 0 amide bonds. The largest absolute Gasteiger partial charge is 0.472 e. The molecular weight excluding hydrogens is 1280 g/mol. The summed E-state index contributed by atoms with van der Waals surface area (Å²) < 4.78 is 68.5. The van der Waals surface area contributed by atoms with Gasteiger partial charge >= 0.3 is 39.5 Å². The highest BCUT2D eigenvalue weighted by atomic mass is 31.2. The molecule has 0 aliphatic rings. The molecule has 0 spiro atoms. The predicted molar refractivity (Wildman–Crippen MR) is 400 cm³/mol. The third-order valence-electron chi connectivity index (χ3n) is 18.3. The van der Waals surface area contributed by atoms with E-state index in [1.807, 2.05) is 0 Å². The van der Waals surface area contributed by atoms with Gasteiger partial charge in [-0.1, -0.05) is 351 Å². The Balaban J connectivity index is 5.19. The first kappa shape index (κ1) is 96.1. The van der Waals surface area contributed by atoms with E-state index < -0.39 is 97.5 Å². The van der Waals surface area contributed by atoms with Crippen molar-refractivity contribution in [2.24, 2.45) is 23.7 Å². The smallest absolute Gasteiger partial charge is 0.462 e. The van der Waals surface area contributed by atoms with Crippen LogP contribution >= 0.6 is 15.6 Å². The van der Waals surface area contributed by atoms with E-state index in [2.05, 4.69) is 55.4 Å². The first-order valence-corrected chi connectivity index (χ1v) is 43.7. The molecule has 2 unspecified atom stereocenters. The minimum Gasteiger partial charge on any atom is -0.462 e. The maximum absolute atomic E-state index is 13.1.